The van der Waals surface area contributed by atoms with E-state index in [1.165, 1.54) is 0 Å². The van der Waals surface area contributed by atoms with Crippen LogP contribution < -0.4 is 0 Å². The summed E-state index contributed by atoms with van der Waals surface area (Å²) in [7, 11) is -9.01. The second kappa shape index (κ2) is 8.46. The van der Waals surface area contributed by atoms with Crippen LogP contribution in [-0.4, -0.2) is 30.8 Å². The van der Waals surface area contributed by atoms with Crippen LogP contribution in [0.25, 0.3) is 0 Å². The van der Waals surface area contributed by atoms with Crippen molar-refractivity contribution in [3.05, 3.63) is 0 Å². The molecule has 7 nitrogen and oxygen atoms in total. The van der Waals surface area contributed by atoms with E-state index in [9.17, 15) is 8.42 Å². The highest BCUT2D eigenvalue weighted by Crippen LogP contribution is 1.74. The van der Waals surface area contributed by atoms with E-state index < -0.39 is 29.3 Å². The van der Waals surface area contributed by atoms with E-state index in [4.69, 9.17) is 22.4 Å². The minimum atomic E-state index is -3.83. The summed E-state index contributed by atoms with van der Waals surface area (Å²) in [5.41, 5.74) is 0. The van der Waals surface area contributed by atoms with Gasteiger partial charge >= 0.3 is 0 Å². The molecule has 0 amide bonds. The fraction of sp³-hybridized carbons (Fsp3) is 0. The van der Waals surface area contributed by atoms with Gasteiger partial charge in [0.2, 0.25) is 0 Å². The molecule has 0 aromatic heterocycles. The molecule has 0 saturated heterocycles. The Kier molecular flexibility index (Phi) is 13.1. The molecular weight excluding hydrogens is 272 g/mol. The largest absolute Gasteiger partial charge is 0.294 e. The van der Waals surface area contributed by atoms with Crippen molar-refractivity contribution in [3.63, 3.8) is 0 Å². The molecule has 0 aliphatic carbocycles. The van der Waals surface area contributed by atoms with Gasteiger partial charge in [0, 0.05) is 11.2 Å². The van der Waals surface area contributed by atoms with Gasteiger partial charge in [-0.25, -0.2) is 8.42 Å². The Labute approximate surface area is 84.7 Å². The lowest BCUT2D eigenvalue weighted by Gasteiger charge is -1.74. The van der Waals surface area contributed by atoms with Crippen molar-refractivity contribution in [2.45, 2.75) is 0 Å². The van der Waals surface area contributed by atoms with Gasteiger partial charge in [-0.05, 0) is 0 Å². The molecule has 0 aliphatic rings. The normalized spacial score (nSPS) is 14.7. The summed E-state index contributed by atoms with van der Waals surface area (Å²) in [5, 5.41) is 0. The number of rotatable bonds is 1. The molecule has 0 bridgehead atoms. The molecule has 2 atom stereocenters. The molecule has 0 aromatic carbocycles. The lowest BCUT2D eigenvalue weighted by molar-refractivity contribution is 0.450. The molecule has 0 rings (SSSR count). The molecule has 12 heavy (non-hydrogen) atoms. The minimum Gasteiger partial charge on any atom is -0.294 e. The van der Waals surface area contributed by atoms with E-state index >= 15 is 0 Å². The molecule has 0 spiro atoms. The van der Waals surface area contributed by atoms with E-state index in [-0.39, 0.29) is 13.5 Å². The Bertz CT molecular complexity index is 215. The van der Waals surface area contributed by atoms with Crippen molar-refractivity contribution in [2.75, 3.05) is 0 Å². The van der Waals surface area contributed by atoms with Crippen LogP contribution in [0.4, 0.5) is 0 Å². The summed E-state index contributed by atoms with van der Waals surface area (Å²) in [5.74, 6) is 0. The zero-order valence-electron chi connectivity index (χ0n) is 5.15. The quantitative estimate of drug-likeness (QED) is 0.360. The molecule has 2 unspecified atom stereocenters. The first kappa shape index (κ1) is 18.6. The summed E-state index contributed by atoms with van der Waals surface area (Å²) in [6.07, 6.45) is 0. The highest BCUT2D eigenvalue weighted by Gasteiger charge is 1.95. The van der Waals surface area contributed by atoms with Crippen molar-refractivity contribution >= 4 is 54.0 Å². The summed E-state index contributed by atoms with van der Waals surface area (Å²) in [4.78, 5) is 0. The van der Waals surface area contributed by atoms with Gasteiger partial charge in [0.05, 0.1) is 0 Å². The van der Waals surface area contributed by atoms with Gasteiger partial charge in [-0.3, -0.25) is 18.2 Å². The summed E-state index contributed by atoms with van der Waals surface area (Å²) >= 11 is 3.47. The highest BCUT2D eigenvalue weighted by atomic mass is 33.2. The highest BCUT2D eigenvalue weighted by molar-refractivity contribution is 8.56. The van der Waals surface area contributed by atoms with Crippen molar-refractivity contribution in [3.8, 4) is 0 Å². The van der Waals surface area contributed by atoms with Crippen LogP contribution in [-0.2, 0) is 40.5 Å². The van der Waals surface area contributed by atoms with Crippen molar-refractivity contribution in [1.29, 1.82) is 0 Å². The van der Waals surface area contributed by atoms with Crippen molar-refractivity contribution in [2.24, 2.45) is 0 Å². The van der Waals surface area contributed by atoms with Gasteiger partial charge in [-0.2, -0.15) is 17.7 Å². The first-order valence-corrected chi connectivity index (χ1v) is 6.69. The van der Waals surface area contributed by atoms with E-state index in [0.717, 1.165) is 0 Å². The summed E-state index contributed by atoms with van der Waals surface area (Å²) < 4.78 is 57.6. The fourth-order valence-corrected chi connectivity index (χ4v) is 0. The van der Waals surface area contributed by atoms with Crippen molar-refractivity contribution in [1.82, 2.24) is 0 Å². The molecule has 0 heterocycles. The van der Waals surface area contributed by atoms with Gasteiger partial charge in [0.15, 0.2) is 0 Å². The molecule has 0 saturated carbocycles. The molecule has 12 heteroatoms. The summed E-state index contributed by atoms with van der Waals surface area (Å²) in [6.45, 7) is 0. The van der Waals surface area contributed by atoms with Gasteiger partial charge < -0.3 is 0 Å². The Hall–Kier alpha value is 0.860. The second-order valence-electron chi connectivity index (χ2n) is 0.882. The van der Waals surface area contributed by atoms with Crippen LogP contribution in [0, 0.1) is 0 Å². The van der Waals surface area contributed by atoms with E-state index in [0.29, 0.717) is 0 Å². The molecule has 0 fully saturated rings. The maximum absolute atomic E-state index is 9.26. The van der Waals surface area contributed by atoms with Crippen LogP contribution in [0.1, 0.15) is 0 Å². The molecule has 4 N–H and O–H groups in total. The van der Waals surface area contributed by atoms with E-state index in [1.807, 2.05) is 0 Å². The van der Waals surface area contributed by atoms with Gasteiger partial charge in [-0.15, -0.1) is 0 Å². The topological polar surface area (TPSA) is 132 Å². The third-order valence-electron chi connectivity index (χ3n) is 0.122. The Morgan fingerprint density at radius 3 is 1.17 bits per heavy atom. The molecular formula is H6O7S5. The van der Waals surface area contributed by atoms with E-state index in [2.05, 4.69) is 11.2 Å². The van der Waals surface area contributed by atoms with Crippen LogP contribution in [0.15, 0.2) is 0 Å². The van der Waals surface area contributed by atoms with Gasteiger partial charge in [0.25, 0.3) is 29.3 Å². The first-order valence-electron chi connectivity index (χ1n) is 1.56. The Morgan fingerprint density at radius 1 is 1.08 bits per heavy atom. The van der Waals surface area contributed by atoms with Gasteiger partial charge in [-0.1, -0.05) is 0 Å². The smallest absolute Gasteiger partial charge is 0.274 e. The zero-order valence-corrected chi connectivity index (χ0v) is 9.41. The Balaban J connectivity index is -0.000000126. The third kappa shape index (κ3) is 44.7. The number of hydrogen-bond acceptors (Lipinski definition) is 4. The first-order chi connectivity index (χ1) is 4.64. The maximum atomic E-state index is 9.26. The lowest BCUT2D eigenvalue weighted by Crippen LogP contribution is -1.93. The lowest BCUT2D eigenvalue weighted by atomic mass is 15.8. The fourth-order valence-electron chi connectivity index (χ4n) is 0. The van der Waals surface area contributed by atoms with Crippen LogP contribution in [0.2, 0.25) is 0 Å². The molecule has 0 aromatic rings. The second-order valence-corrected chi connectivity index (χ2v) is 5.66. The summed E-state index contributed by atoms with van der Waals surface area (Å²) in [6, 6.07) is 0. The van der Waals surface area contributed by atoms with Crippen LogP contribution in [0.5, 0.6) is 0 Å². The maximum Gasteiger partial charge on any atom is 0.274 e. The van der Waals surface area contributed by atoms with Crippen molar-refractivity contribution < 1.29 is 30.8 Å². The number of hydrogen-bond donors (Lipinski definition) is 4. The molecule has 78 valence electrons. The molecule has 0 aliphatic heterocycles. The monoisotopic (exact) mass is 278 g/mol. The van der Waals surface area contributed by atoms with E-state index in [1.54, 1.807) is 0 Å². The van der Waals surface area contributed by atoms with Gasteiger partial charge in [0.1, 0.15) is 0 Å². The average Bonchev–Trinajstić information content (AvgIpc) is 1.59. The average molecular weight is 278 g/mol. The SMILES string of the molecule is O=S(O)(O)=S.O=S(O)S(=O)O.S. The predicted octanol–water partition coefficient (Wildman–Crippen LogP) is -0.864. The van der Waals surface area contributed by atoms with Crippen LogP contribution >= 0.6 is 13.5 Å². The Morgan fingerprint density at radius 2 is 1.17 bits per heavy atom. The van der Waals surface area contributed by atoms with Crippen LogP contribution in [0.3, 0.4) is 0 Å². The minimum absolute atomic E-state index is 0. The third-order valence-corrected chi connectivity index (χ3v) is 1.10. The zero-order chi connectivity index (χ0) is 9.65. The standard InChI is InChI=1S/H2O4S2.H2O3S2.H2S/c1-5(2)6(3)4;1-5(2,3)4;/h(H,1,2)(H,3,4);(H2,1,2,3,4);1H2. The predicted molar refractivity (Wildman–Crippen MR) is 52.7 cm³/mol. The molecule has 0 radical (unpaired) electrons.